The van der Waals surface area contributed by atoms with Gasteiger partial charge in [-0.15, -0.1) is 0 Å². The minimum absolute atomic E-state index is 0.0274. The Morgan fingerprint density at radius 2 is 1.61 bits per heavy atom. The molecular weight excluding hydrogens is 316 g/mol. The first kappa shape index (κ1) is 16.9. The number of rotatable bonds is 3. The third kappa shape index (κ3) is 3.48. The predicted octanol–water partition coefficient (Wildman–Crippen LogP) is 3.05. The van der Waals surface area contributed by atoms with Gasteiger partial charge in [-0.05, 0) is 6.07 Å². The van der Waals surface area contributed by atoms with Crippen molar-refractivity contribution in [3.63, 3.8) is 0 Å². The summed E-state index contributed by atoms with van der Waals surface area (Å²) in [6.07, 6.45) is 1.15. The summed E-state index contributed by atoms with van der Waals surface area (Å²) in [4.78, 5) is 15.9. The van der Waals surface area contributed by atoms with Gasteiger partial charge in [0.1, 0.15) is 0 Å². The van der Waals surface area contributed by atoms with Crippen molar-refractivity contribution in [3.8, 4) is 5.75 Å². The summed E-state index contributed by atoms with van der Waals surface area (Å²) in [5.74, 6) is -8.89. The molecular formula is C15H13F4N2O2+. The molecule has 1 aromatic heterocycles. The number of pyridine rings is 1. The maximum Gasteiger partial charge on any atom is 0.345 e. The predicted molar refractivity (Wildman–Crippen MR) is 75.0 cm³/mol. The molecule has 0 saturated carbocycles. The number of ether oxygens (including phenoxy) is 1. The van der Waals surface area contributed by atoms with E-state index in [-0.39, 0.29) is 11.6 Å². The van der Waals surface area contributed by atoms with Crippen LogP contribution in [0.5, 0.6) is 5.75 Å². The van der Waals surface area contributed by atoms with Crippen molar-refractivity contribution in [1.82, 2.24) is 9.47 Å². The van der Waals surface area contributed by atoms with Crippen LogP contribution in [0.2, 0.25) is 0 Å². The van der Waals surface area contributed by atoms with Gasteiger partial charge in [-0.1, -0.05) is 0 Å². The van der Waals surface area contributed by atoms with Crippen LogP contribution in [0, 0.1) is 23.3 Å². The summed E-state index contributed by atoms with van der Waals surface area (Å²) in [6.45, 7) is 0. The molecule has 2 aromatic rings. The van der Waals surface area contributed by atoms with Crippen molar-refractivity contribution >= 4 is 11.8 Å². The number of quaternary nitrogens is 1. The lowest BCUT2D eigenvalue weighted by molar-refractivity contribution is 0.0717. The molecule has 1 aromatic carbocycles. The first-order valence-corrected chi connectivity index (χ1v) is 6.44. The number of hydrogen-bond acceptors (Lipinski definition) is 3. The van der Waals surface area contributed by atoms with E-state index >= 15 is 0 Å². The Morgan fingerprint density at radius 1 is 1.04 bits per heavy atom. The van der Waals surface area contributed by atoms with Gasteiger partial charge in [-0.25, -0.2) is 18.6 Å². The Balaban J connectivity index is 2.30. The van der Waals surface area contributed by atoms with E-state index in [9.17, 15) is 22.4 Å². The molecule has 0 aliphatic carbocycles. The highest BCUT2D eigenvalue weighted by atomic mass is 19.2. The zero-order chi connectivity index (χ0) is 17.4. The van der Waals surface area contributed by atoms with Gasteiger partial charge in [-0.3, -0.25) is 4.48 Å². The SMILES string of the molecule is C[N+](C)(C)c1ccc(C(=O)Oc2c(F)c(F)cc(F)c2F)cn1. The fourth-order valence-corrected chi connectivity index (χ4v) is 1.70. The second kappa shape index (κ2) is 5.96. The fraction of sp³-hybridized carbons (Fsp3) is 0.200. The molecule has 0 aliphatic heterocycles. The Morgan fingerprint density at radius 3 is 2.04 bits per heavy atom. The molecule has 0 unspecified atom stereocenters. The molecule has 0 atom stereocenters. The summed E-state index contributed by atoms with van der Waals surface area (Å²) in [5.41, 5.74) is -0.120. The number of halogens is 4. The molecule has 0 spiro atoms. The highest BCUT2D eigenvalue weighted by molar-refractivity contribution is 5.90. The van der Waals surface area contributed by atoms with Crippen molar-refractivity contribution in [2.24, 2.45) is 0 Å². The number of esters is 1. The normalized spacial score (nSPS) is 11.4. The summed E-state index contributed by atoms with van der Waals surface area (Å²) < 4.78 is 57.9. The highest BCUT2D eigenvalue weighted by Crippen LogP contribution is 2.27. The van der Waals surface area contributed by atoms with Crippen LogP contribution in [0.1, 0.15) is 10.4 Å². The molecule has 0 fully saturated rings. The van der Waals surface area contributed by atoms with Crippen LogP contribution in [0.15, 0.2) is 24.4 Å². The van der Waals surface area contributed by atoms with Crippen LogP contribution in [0.3, 0.4) is 0 Å². The average Bonchev–Trinajstić information content (AvgIpc) is 2.48. The Kier molecular flexibility index (Phi) is 4.37. The fourth-order valence-electron chi connectivity index (χ4n) is 1.70. The van der Waals surface area contributed by atoms with Crippen LogP contribution in [0.25, 0.3) is 0 Å². The molecule has 122 valence electrons. The van der Waals surface area contributed by atoms with Crippen molar-refractivity contribution in [3.05, 3.63) is 53.2 Å². The molecule has 0 N–H and O–H groups in total. The van der Waals surface area contributed by atoms with E-state index in [0.29, 0.717) is 10.3 Å². The van der Waals surface area contributed by atoms with E-state index in [1.54, 1.807) is 0 Å². The summed E-state index contributed by atoms with van der Waals surface area (Å²) >= 11 is 0. The lowest BCUT2D eigenvalue weighted by atomic mass is 10.2. The quantitative estimate of drug-likeness (QED) is 0.286. The molecule has 0 aliphatic rings. The lowest BCUT2D eigenvalue weighted by Gasteiger charge is -2.21. The third-order valence-corrected chi connectivity index (χ3v) is 2.94. The maximum atomic E-state index is 13.5. The van der Waals surface area contributed by atoms with E-state index in [1.165, 1.54) is 12.1 Å². The van der Waals surface area contributed by atoms with Crippen molar-refractivity contribution in [2.75, 3.05) is 21.1 Å². The first-order chi connectivity index (χ1) is 10.6. The van der Waals surface area contributed by atoms with Gasteiger partial charge in [0.05, 0.1) is 26.7 Å². The van der Waals surface area contributed by atoms with Crippen LogP contribution in [-0.4, -0.2) is 32.1 Å². The van der Waals surface area contributed by atoms with E-state index in [4.69, 9.17) is 0 Å². The third-order valence-electron chi connectivity index (χ3n) is 2.94. The molecule has 0 bridgehead atoms. The Bertz CT molecular complexity index is 729. The molecule has 2 rings (SSSR count). The minimum Gasteiger partial charge on any atom is -0.416 e. The first-order valence-electron chi connectivity index (χ1n) is 6.44. The zero-order valence-corrected chi connectivity index (χ0v) is 12.5. The number of carbonyl (C=O) groups is 1. The number of nitrogens with zero attached hydrogens (tertiary/aromatic N) is 2. The zero-order valence-electron chi connectivity index (χ0n) is 12.5. The van der Waals surface area contributed by atoms with Gasteiger partial charge >= 0.3 is 5.97 Å². The van der Waals surface area contributed by atoms with E-state index in [0.717, 1.165) is 6.20 Å². The van der Waals surface area contributed by atoms with Crippen molar-refractivity contribution in [1.29, 1.82) is 0 Å². The lowest BCUT2D eigenvalue weighted by Crippen LogP contribution is -2.35. The second-order valence-electron chi connectivity index (χ2n) is 5.60. The summed E-state index contributed by atoms with van der Waals surface area (Å²) in [7, 11) is 5.54. The molecule has 4 nitrogen and oxygen atoms in total. The van der Waals surface area contributed by atoms with Crippen molar-refractivity contribution in [2.45, 2.75) is 0 Å². The number of carbonyl (C=O) groups excluding carboxylic acids is 1. The molecule has 0 radical (unpaired) electrons. The van der Waals surface area contributed by atoms with Gasteiger partial charge in [-0.2, -0.15) is 8.78 Å². The maximum absolute atomic E-state index is 13.5. The minimum atomic E-state index is -1.78. The largest absolute Gasteiger partial charge is 0.416 e. The van der Waals surface area contributed by atoms with Gasteiger partial charge < -0.3 is 4.74 Å². The van der Waals surface area contributed by atoms with E-state index in [1.807, 2.05) is 21.1 Å². The molecule has 1 heterocycles. The number of benzene rings is 1. The van der Waals surface area contributed by atoms with Crippen molar-refractivity contribution < 1.29 is 27.1 Å². The number of aromatic nitrogens is 1. The van der Waals surface area contributed by atoms with Crippen LogP contribution in [-0.2, 0) is 0 Å². The summed E-state index contributed by atoms with van der Waals surface area (Å²) in [5, 5.41) is 0. The van der Waals surface area contributed by atoms with E-state index in [2.05, 4.69) is 9.72 Å². The van der Waals surface area contributed by atoms with Gasteiger partial charge in [0.15, 0.2) is 11.6 Å². The van der Waals surface area contributed by atoms with Crippen LogP contribution >= 0.6 is 0 Å². The molecule has 23 heavy (non-hydrogen) atoms. The monoisotopic (exact) mass is 329 g/mol. The molecule has 8 heteroatoms. The molecule has 0 amide bonds. The topological polar surface area (TPSA) is 39.2 Å². The average molecular weight is 329 g/mol. The van der Waals surface area contributed by atoms with Gasteiger partial charge in [0.2, 0.25) is 23.2 Å². The smallest absolute Gasteiger partial charge is 0.345 e. The summed E-state index contributed by atoms with van der Waals surface area (Å²) in [6, 6.07) is 2.88. The Labute approximate surface area is 129 Å². The van der Waals surface area contributed by atoms with Crippen LogP contribution in [0.4, 0.5) is 23.4 Å². The second-order valence-corrected chi connectivity index (χ2v) is 5.60. The Hall–Kier alpha value is -2.48. The highest BCUT2D eigenvalue weighted by Gasteiger charge is 2.24. The number of hydrogen-bond donors (Lipinski definition) is 0. The molecule has 0 saturated heterocycles. The van der Waals surface area contributed by atoms with E-state index < -0.39 is 35.0 Å². The standard InChI is InChI=1S/C15H13F4N2O2/c1-21(2,3)11-5-4-8(7-20-11)15(22)23-14-12(18)9(16)6-10(17)13(14)19/h4-7H,1-3H3/q+1. The van der Waals surface area contributed by atoms with Crippen LogP contribution < -0.4 is 9.22 Å². The van der Waals surface area contributed by atoms with Gasteiger partial charge in [0, 0.05) is 18.3 Å². The van der Waals surface area contributed by atoms with Gasteiger partial charge in [0.25, 0.3) is 0 Å².